The lowest BCUT2D eigenvalue weighted by molar-refractivity contribution is -0.233. The van der Waals surface area contributed by atoms with E-state index in [2.05, 4.69) is 17.2 Å². The number of piperazine rings is 1. The molecule has 23 heavy (non-hydrogen) atoms. The molecule has 3 saturated heterocycles. The molecule has 0 saturated carbocycles. The fourth-order valence-corrected chi connectivity index (χ4v) is 2.70. The number of ether oxygens (including phenoxy) is 2. The molecule has 9 nitrogen and oxygen atoms in total. The Hall–Kier alpha value is -1.52. The normalized spacial score (nSPS) is 34.9. The minimum Gasteiger partial charge on any atom is -0.393 e. The third kappa shape index (κ3) is 2.54. The van der Waals surface area contributed by atoms with Gasteiger partial charge in [0.2, 0.25) is 5.72 Å². The summed E-state index contributed by atoms with van der Waals surface area (Å²) in [6.45, 7) is 5.80. The van der Waals surface area contributed by atoms with E-state index < -0.39 is 41.6 Å². The van der Waals surface area contributed by atoms with E-state index in [9.17, 15) is 24.9 Å². The van der Waals surface area contributed by atoms with Crippen molar-refractivity contribution < 1.29 is 34.4 Å². The largest absolute Gasteiger partial charge is 0.393 e. The number of nitrogens with one attached hydrogen (secondary N) is 2. The van der Waals surface area contributed by atoms with Gasteiger partial charge >= 0.3 is 0 Å². The van der Waals surface area contributed by atoms with E-state index in [0.717, 1.165) is 6.92 Å². The zero-order valence-corrected chi connectivity index (χ0v) is 13.1. The summed E-state index contributed by atoms with van der Waals surface area (Å²) in [7, 11) is 0. The molecule has 0 radical (unpaired) electrons. The minimum absolute atomic E-state index is 0.0417. The highest BCUT2D eigenvalue weighted by atomic mass is 16.6. The summed E-state index contributed by atoms with van der Waals surface area (Å²) in [4.78, 5) is 25.2. The minimum atomic E-state index is -2.23. The molecule has 5 N–H and O–H groups in total. The van der Waals surface area contributed by atoms with E-state index in [4.69, 9.17) is 9.47 Å². The molecule has 9 heteroatoms. The van der Waals surface area contributed by atoms with Crippen molar-refractivity contribution in [3.63, 3.8) is 0 Å². The molecule has 130 valence electrons. The first-order valence-corrected chi connectivity index (χ1v) is 7.29. The summed E-state index contributed by atoms with van der Waals surface area (Å²) in [5.41, 5.74) is -5.75. The Balaban J connectivity index is 2.48. The van der Waals surface area contributed by atoms with Gasteiger partial charge in [-0.2, -0.15) is 0 Å². The summed E-state index contributed by atoms with van der Waals surface area (Å²) < 4.78 is 10.8. The third-order valence-corrected chi connectivity index (χ3v) is 4.13. The molecule has 3 aliphatic rings. The van der Waals surface area contributed by atoms with Crippen LogP contribution in [0.5, 0.6) is 0 Å². The summed E-state index contributed by atoms with van der Waals surface area (Å²) >= 11 is 0. The number of carbonyl (C=O) groups excluding carboxylic acids is 2. The second-order valence-corrected chi connectivity index (χ2v) is 5.88. The fourth-order valence-electron chi connectivity index (χ4n) is 2.70. The third-order valence-electron chi connectivity index (χ3n) is 4.13. The van der Waals surface area contributed by atoms with E-state index in [1.807, 2.05) is 0 Å². The molecule has 3 fully saturated rings. The molecule has 0 spiro atoms. The maximum Gasteiger partial charge on any atom is 0.280 e. The van der Waals surface area contributed by atoms with Crippen LogP contribution in [-0.4, -0.2) is 70.1 Å². The van der Waals surface area contributed by atoms with Gasteiger partial charge < -0.3 is 35.4 Å². The molecule has 0 aromatic heterocycles. The number of hydrogen-bond acceptors (Lipinski definition) is 7. The lowest BCUT2D eigenvalue weighted by Crippen LogP contribution is -2.83. The topological polar surface area (TPSA) is 137 Å². The van der Waals surface area contributed by atoms with E-state index in [1.165, 1.54) is 0 Å². The van der Waals surface area contributed by atoms with Gasteiger partial charge in [-0.1, -0.05) is 6.58 Å². The van der Waals surface area contributed by atoms with Crippen LogP contribution in [0, 0.1) is 0 Å². The van der Waals surface area contributed by atoms with Crippen LogP contribution < -0.4 is 10.6 Å². The second-order valence-electron chi connectivity index (χ2n) is 5.88. The summed E-state index contributed by atoms with van der Waals surface area (Å²) in [5, 5.41) is 34.4. The maximum absolute atomic E-state index is 12.6. The zero-order chi connectivity index (χ0) is 17.5. The molecule has 2 bridgehead atoms. The first-order chi connectivity index (χ1) is 10.7. The SMILES string of the molecule is C=C1CCO[C@]2([C@@H](O)[C@@](C)(O)CO)NC(=O)[C@@]1(OCC)NC2=O. The Kier molecular flexibility index (Phi) is 4.53. The number of aliphatic hydroxyl groups excluding tert-OH is 2. The van der Waals surface area contributed by atoms with E-state index in [1.54, 1.807) is 6.92 Å². The quantitative estimate of drug-likeness (QED) is 0.359. The van der Waals surface area contributed by atoms with Gasteiger partial charge in [-0.15, -0.1) is 0 Å². The van der Waals surface area contributed by atoms with Gasteiger partial charge in [0.05, 0.1) is 13.2 Å². The Morgan fingerprint density at radius 1 is 1.43 bits per heavy atom. The van der Waals surface area contributed by atoms with Crippen LogP contribution in [-0.2, 0) is 19.1 Å². The van der Waals surface area contributed by atoms with Crippen molar-refractivity contribution in [2.45, 2.75) is 43.4 Å². The molecule has 3 aliphatic heterocycles. The standard InChI is InChI=1S/C14H22N2O7/c1-4-22-13-8(2)5-6-23-14(11(20)15-13,16-10(13)19)9(18)12(3,21)7-17/h9,17-18,21H,2,4-7H2,1,3H3,(H,15,20)(H,16,19)/t9-,12-,13+,14-/m0/s1. The number of fused-ring (bicyclic) bond motifs is 5. The Morgan fingerprint density at radius 2 is 2.09 bits per heavy atom. The first kappa shape index (κ1) is 17.8. The van der Waals surface area contributed by atoms with Crippen LogP contribution in [0.25, 0.3) is 0 Å². The molecule has 0 aromatic rings. The number of rotatable bonds is 5. The van der Waals surface area contributed by atoms with Crippen molar-refractivity contribution in [3.8, 4) is 0 Å². The van der Waals surface area contributed by atoms with Gasteiger partial charge in [0.15, 0.2) is 0 Å². The van der Waals surface area contributed by atoms with Crippen molar-refractivity contribution >= 4 is 11.8 Å². The molecule has 4 atom stereocenters. The van der Waals surface area contributed by atoms with Crippen molar-refractivity contribution in [1.82, 2.24) is 10.6 Å². The fraction of sp³-hybridized carbons (Fsp3) is 0.714. The van der Waals surface area contributed by atoms with Gasteiger partial charge in [-0.25, -0.2) is 0 Å². The van der Waals surface area contributed by atoms with Crippen LogP contribution in [0.2, 0.25) is 0 Å². The lowest BCUT2D eigenvalue weighted by atomic mass is 9.85. The Labute approximate surface area is 133 Å². The maximum atomic E-state index is 12.6. The molecule has 0 aliphatic carbocycles. The summed E-state index contributed by atoms with van der Waals surface area (Å²) in [5.74, 6) is -1.66. The Morgan fingerprint density at radius 3 is 2.65 bits per heavy atom. The number of carbonyl (C=O) groups is 2. The van der Waals surface area contributed by atoms with E-state index in [-0.39, 0.29) is 19.6 Å². The van der Waals surface area contributed by atoms with Gasteiger partial charge in [-0.05, 0) is 25.8 Å². The van der Waals surface area contributed by atoms with Gasteiger partial charge in [0.25, 0.3) is 17.5 Å². The van der Waals surface area contributed by atoms with Crippen LogP contribution in [0.1, 0.15) is 20.3 Å². The molecular weight excluding hydrogens is 308 g/mol. The number of hydrogen-bond donors (Lipinski definition) is 5. The Bertz CT molecular complexity index is 535. The second kappa shape index (κ2) is 5.84. The van der Waals surface area contributed by atoms with Crippen molar-refractivity contribution in [1.29, 1.82) is 0 Å². The predicted octanol–water partition coefficient (Wildman–Crippen LogP) is -2.26. The highest BCUT2D eigenvalue weighted by molar-refractivity contribution is 6.03. The lowest BCUT2D eigenvalue weighted by Gasteiger charge is -2.51. The number of amides is 2. The van der Waals surface area contributed by atoms with Crippen LogP contribution in [0.3, 0.4) is 0 Å². The predicted molar refractivity (Wildman–Crippen MR) is 76.8 cm³/mol. The van der Waals surface area contributed by atoms with Crippen LogP contribution in [0.4, 0.5) is 0 Å². The first-order valence-electron chi connectivity index (χ1n) is 7.29. The van der Waals surface area contributed by atoms with Crippen LogP contribution >= 0.6 is 0 Å². The van der Waals surface area contributed by atoms with E-state index >= 15 is 0 Å². The van der Waals surface area contributed by atoms with E-state index in [0.29, 0.717) is 5.57 Å². The molecule has 0 unspecified atom stereocenters. The average molecular weight is 330 g/mol. The van der Waals surface area contributed by atoms with Crippen molar-refractivity contribution in [3.05, 3.63) is 12.2 Å². The molecule has 3 heterocycles. The summed E-state index contributed by atoms with van der Waals surface area (Å²) in [6, 6.07) is 0. The highest BCUT2D eigenvalue weighted by Crippen LogP contribution is 2.34. The highest BCUT2D eigenvalue weighted by Gasteiger charge is 2.64. The van der Waals surface area contributed by atoms with Crippen molar-refractivity contribution in [2.24, 2.45) is 0 Å². The monoisotopic (exact) mass is 330 g/mol. The molecule has 0 aromatic carbocycles. The average Bonchev–Trinajstić information content (AvgIpc) is 2.49. The van der Waals surface area contributed by atoms with Gasteiger partial charge in [-0.3, -0.25) is 9.59 Å². The zero-order valence-electron chi connectivity index (χ0n) is 13.1. The van der Waals surface area contributed by atoms with Gasteiger partial charge in [0.1, 0.15) is 11.7 Å². The van der Waals surface area contributed by atoms with Gasteiger partial charge in [0, 0.05) is 6.61 Å². The molecular formula is C14H22N2O7. The number of aliphatic hydroxyl groups is 3. The van der Waals surface area contributed by atoms with Crippen molar-refractivity contribution in [2.75, 3.05) is 19.8 Å². The molecule has 3 rings (SSSR count). The molecule has 2 amide bonds. The smallest absolute Gasteiger partial charge is 0.280 e. The van der Waals surface area contributed by atoms with Crippen LogP contribution in [0.15, 0.2) is 12.2 Å². The summed E-state index contributed by atoms with van der Waals surface area (Å²) in [6.07, 6.45) is -1.71.